The molecule has 0 aromatic heterocycles. The van der Waals surface area contributed by atoms with Crippen LogP contribution in [-0.2, 0) is 14.4 Å². The monoisotopic (exact) mass is 476 g/mol. The Morgan fingerprint density at radius 3 is 2.44 bits per heavy atom. The first kappa shape index (κ1) is 23.8. The summed E-state index contributed by atoms with van der Waals surface area (Å²) >= 11 is 7.03. The van der Waals surface area contributed by atoms with Crippen molar-refractivity contribution in [2.45, 2.75) is 29.9 Å². The maximum Gasteiger partial charge on any atom is 0.307 e. The zero-order valence-electron chi connectivity index (χ0n) is 17.2. The van der Waals surface area contributed by atoms with Crippen molar-refractivity contribution >= 4 is 52.5 Å². The van der Waals surface area contributed by atoms with Gasteiger partial charge >= 0.3 is 5.97 Å². The molecular formula is C23H22ClFN2O4S. The first-order chi connectivity index (χ1) is 15.2. The van der Waals surface area contributed by atoms with Gasteiger partial charge in [-0.3, -0.25) is 14.4 Å². The van der Waals surface area contributed by atoms with E-state index in [0.717, 1.165) is 4.90 Å². The molecule has 0 radical (unpaired) electrons. The Morgan fingerprint density at radius 1 is 1.06 bits per heavy atom. The quantitative estimate of drug-likeness (QED) is 0.377. The maximum absolute atomic E-state index is 13.3. The van der Waals surface area contributed by atoms with Gasteiger partial charge in [0.25, 0.3) is 0 Å². The molecule has 6 nitrogen and oxygen atoms in total. The Labute approximate surface area is 194 Å². The van der Waals surface area contributed by atoms with Crippen molar-refractivity contribution in [2.24, 2.45) is 11.8 Å². The lowest BCUT2D eigenvalue weighted by molar-refractivity contribution is -0.146. The Hall–Kier alpha value is -2.84. The number of carbonyl (C=O) groups is 3. The molecule has 3 unspecified atom stereocenters. The molecule has 0 heterocycles. The highest BCUT2D eigenvalue weighted by molar-refractivity contribution is 8.00. The van der Waals surface area contributed by atoms with E-state index in [0.29, 0.717) is 24.2 Å². The molecule has 0 fully saturated rings. The Kier molecular flexibility index (Phi) is 7.93. The molecule has 9 heteroatoms. The van der Waals surface area contributed by atoms with Crippen LogP contribution in [0.4, 0.5) is 15.8 Å². The zero-order chi connectivity index (χ0) is 23.3. The molecule has 168 valence electrons. The van der Waals surface area contributed by atoms with E-state index in [9.17, 15) is 23.9 Å². The van der Waals surface area contributed by atoms with Crippen molar-refractivity contribution in [1.82, 2.24) is 0 Å². The number of hydrogen-bond donors (Lipinski definition) is 3. The van der Waals surface area contributed by atoms with Crippen molar-refractivity contribution in [3.05, 3.63) is 65.5 Å². The largest absolute Gasteiger partial charge is 0.481 e. The molecule has 0 bridgehead atoms. The number of aliphatic carboxylic acids is 1. The Bertz CT molecular complexity index is 1060. The van der Waals surface area contributed by atoms with Crippen molar-refractivity contribution < 1.29 is 23.9 Å². The molecule has 0 spiro atoms. The number of amides is 2. The van der Waals surface area contributed by atoms with Gasteiger partial charge in [0.2, 0.25) is 11.8 Å². The van der Waals surface area contributed by atoms with Crippen LogP contribution >= 0.6 is 23.4 Å². The molecular weight excluding hydrogens is 455 g/mol. The number of allylic oxidation sites excluding steroid dienone is 2. The molecule has 0 aliphatic heterocycles. The molecule has 1 aliphatic carbocycles. The fourth-order valence-corrected chi connectivity index (χ4v) is 4.44. The third kappa shape index (κ3) is 6.11. The first-order valence-electron chi connectivity index (χ1n) is 9.96. The number of rotatable bonds is 7. The summed E-state index contributed by atoms with van der Waals surface area (Å²) in [6.07, 6.45) is 4.31. The van der Waals surface area contributed by atoms with E-state index >= 15 is 0 Å². The highest BCUT2D eigenvalue weighted by atomic mass is 35.5. The van der Waals surface area contributed by atoms with Crippen LogP contribution in [0.25, 0.3) is 0 Å². The number of carboxylic acids is 1. The molecule has 2 aromatic rings. The van der Waals surface area contributed by atoms with Crippen molar-refractivity contribution in [3.8, 4) is 0 Å². The summed E-state index contributed by atoms with van der Waals surface area (Å²) < 4.78 is 13.3. The fraction of sp³-hybridized carbons (Fsp3) is 0.261. The lowest BCUT2D eigenvalue weighted by atomic mass is 9.82. The summed E-state index contributed by atoms with van der Waals surface area (Å²) in [5.74, 6) is -3.57. The van der Waals surface area contributed by atoms with Crippen LogP contribution < -0.4 is 10.6 Å². The van der Waals surface area contributed by atoms with Crippen LogP contribution in [0.2, 0.25) is 5.02 Å². The van der Waals surface area contributed by atoms with E-state index in [2.05, 4.69) is 10.6 Å². The van der Waals surface area contributed by atoms with Gasteiger partial charge in [0.1, 0.15) is 5.82 Å². The van der Waals surface area contributed by atoms with Crippen LogP contribution in [-0.4, -0.2) is 28.1 Å². The molecule has 3 rings (SSSR count). The minimum absolute atomic E-state index is 0.0786. The molecule has 32 heavy (non-hydrogen) atoms. The topological polar surface area (TPSA) is 95.5 Å². The summed E-state index contributed by atoms with van der Waals surface area (Å²) in [6, 6.07) is 10.9. The SMILES string of the molecule is CC(Sc1cccc(NC(=O)C2CC=CCC2C(=O)O)c1)C(=O)Nc1ccc(F)c(Cl)c1. The predicted octanol–water partition coefficient (Wildman–Crippen LogP) is 5.20. The van der Waals surface area contributed by atoms with E-state index in [1.165, 1.54) is 30.0 Å². The minimum atomic E-state index is -0.985. The lowest BCUT2D eigenvalue weighted by Crippen LogP contribution is -2.34. The smallest absolute Gasteiger partial charge is 0.307 e. The highest BCUT2D eigenvalue weighted by Crippen LogP contribution is 2.30. The van der Waals surface area contributed by atoms with Gasteiger partial charge in [-0.05, 0) is 56.2 Å². The van der Waals surface area contributed by atoms with Crippen molar-refractivity contribution in [3.63, 3.8) is 0 Å². The van der Waals surface area contributed by atoms with Gasteiger partial charge < -0.3 is 15.7 Å². The average molecular weight is 477 g/mol. The van der Waals surface area contributed by atoms with E-state index in [1.54, 1.807) is 31.2 Å². The Balaban J connectivity index is 1.62. The number of hydrogen-bond acceptors (Lipinski definition) is 4. The molecule has 3 atom stereocenters. The number of anilines is 2. The van der Waals surface area contributed by atoms with Gasteiger partial charge in [-0.2, -0.15) is 0 Å². The first-order valence-corrected chi connectivity index (χ1v) is 11.2. The van der Waals surface area contributed by atoms with Crippen LogP contribution in [0.3, 0.4) is 0 Å². The minimum Gasteiger partial charge on any atom is -0.481 e. The van der Waals surface area contributed by atoms with Gasteiger partial charge in [0, 0.05) is 16.3 Å². The zero-order valence-corrected chi connectivity index (χ0v) is 18.8. The predicted molar refractivity (Wildman–Crippen MR) is 123 cm³/mol. The summed E-state index contributed by atoms with van der Waals surface area (Å²) in [7, 11) is 0. The lowest BCUT2D eigenvalue weighted by Gasteiger charge is -2.24. The molecule has 2 amide bonds. The number of nitrogens with one attached hydrogen (secondary N) is 2. The normalized spacial score (nSPS) is 18.6. The second kappa shape index (κ2) is 10.7. The third-order valence-corrected chi connectivity index (χ3v) is 6.44. The summed E-state index contributed by atoms with van der Waals surface area (Å²) in [4.78, 5) is 37.3. The summed E-state index contributed by atoms with van der Waals surface area (Å²) in [5, 5.41) is 14.3. The van der Waals surface area contributed by atoms with E-state index in [-0.39, 0.29) is 16.8 Å². The van der Waals surface area contributed by atoms with E-state index in [1.807, 2.05) is 12.1 Å². The van der Waals surface area contributed by atoms with Crippen molar-refractivity contribution in [1.29, 1.82) is 0 Å². The molecule has 2 aromatic carbocycles. The number of carboxylic acid groups (broad SMARTS) is 1. The van der Waals surface area contributed by atoms with Crippen LogP contribution in [0, 0.1) is 17.7 Å². The maximum atomic E-state index is 13.3. The van der Waals surface area contributed by atoms with Crippen LogP contribution in [0.1, 0.15) is 19.8 Å². The van der Waals surface area contributed by atoms with Gasteiger partial charge in [-0.15, -0.1) is 11.8 Å². The summed E-state index contributed by atoms with van der Waals surface area (Å²) in [5.41, 5.74) is 0.918. The number of benzene rings is 2. The highest BCUT2D eigenvalue weighted by Gasteiger charge is 2.34. The fourth-order valence-electron chi connectivity index (χ4n) is 3.33. The second-order valence-corrected chi connectivity index (χ2v) is 9.21. The number of thioether (sulfide) groups is 1. The summed E-state index contributed by atoms with van der Waals surface area (Å²) in [6.45, 7) is 1.72. The van der Waals surface area contributed by atoms with E-state index < -0.39 is 28.9 Å². The standard InChI is InChI=1S/C23H22ClFN2O4S/c1-13(21(28)26-15-9-10-20(25)19(24)12-15)32-16-6-4-5-14(11-16)27-22(29)17-7-2-3-8-18(17)23(30)31/h2-6,9-13,17-18H,7-8H2,1H3,(H,26,28)(H,27,29)(H,30,31). The van der Waals surface area contributed by atoms with E-state index in [4.69, 9.17) is 11.6 Å². The number of halogens is 2. The number of carbonyl (C=O) groups excluding carboxylic acids is 2. The molecule has 1 aliphatic rings. The third-order valence-electron chi connectivity index (χ3n) is 5.06. The Morgan fingerprint density at radius 2 is 1.75 bits per heavy atom. The molecule has 0 saturated carbocycles. The molecule has 0 saturated heterocycles. The van der Waals surface area contributed by atoms with Crippen LogP contribution in [0.15, 0.2) is 59.5 Å². The van der Waals surface area contributed by atoms with Gasteiger partial charge in [-0.1, -0.05) is 29.8 Å². The van der Waals surface area contributed by atoms with Gasteiger partial charge in [0.05, 0.1) is 22.1 Å². The van der Waals surface area contributed by atoms with Crippen LogP contribution in [0.5, 0.6) is 0 Å². The second-order valence-electron chi connectivity index (χ2n) is 7.39. The van der Waals surface area contributed by atoms with Crippen molar-refractivity contribution in [2.75, 3.05) is 10.6 Å². The van der Waals surface area contributed by atoms with Gasteiger partial charge in [0.15, 0.2) is 0 Å². The molecule has 3 N–H and O–H groups in total. The average Bonchev–Trinajstić information content (AvgIpc) is 2.76. The van der Waals surface area contributed by atoms with Gasteiger partial charge in [-0.25, -0.2) is 4.39 Å².